The van der Waals surface area contributed by atoms with Crippen molar-refractivity contribution in [1.29, 1.82) is 0 Å². The van der Waals surface area contributed by atoms with Crippen LogP contribution in [0.2, 0.25) is 0 Å². The summed E-state index contributed by atoms with van der Waals surface area (Å²) >= 11 is 0. The summed E-state index contributed by atoms with van der Waals surface area (Å²) in [6, 6.07) is 0. The van der Waals surface area contributed by atoms with Gasteiger partial charge in [-0.25, -0.2) is 0 Å². The van der Waals surface area contributed by atoms with Gasteiger partial charge in [-0.1, -0.05) is 87.3 Å². The lowest BCUT2D eigenvalue weighted by Crippen LogP contribution is -2.31. The molecule has 0 saturated heterocycles. The molecule has 2 atom stereocenters. The molecule has 0 aromatic heterocycles. The molecule has 142 valence electrons. The van der Waals surface area contributed by atoms with Crippen molar-refractivity contribution in [3.05, 3.63) is 0 Å². The summed E-state index contributed by atoms with van der Waals surface area (Å²) in [6.07, 6.45) is 13.7. The van der Waals surface area contributed by atoms with E-state index in [0.717, 1.165) is 19.3 Å². The molecule has 0 bridgehead atoms. The van der Waals surface area contributed by atoms with Crippen molar-refractivity contribution in [3.63, 3.8) is 0 Å². The monoisotopic (exact) mass is 363 g/mol. The van der Waals surface area contributed by atoms with Crippen molar-refractivity contribution >= 4 is 13.9 Å². The summed E-state index contributed by atoms with van der Waals surface area (Å²) in [5, 5.41) is 17.2. The lowest BCUT2D eigenvalue weighted by atomic mass is 9.97. The van der Waals surface area contributed by atoms with Gasteiger partial charge in [-0.15, -0.1) is 0 Å². The molecule has 0 aliphatic rings. The highest BCUT2D eigenvalue weighted by Crippen LogP contribution is 2.21. The maximum Gasteiger partial charge on any atom is 0.308 e. The van der Waals surface area contributed by atoms with Crippen molar-refractivity contribution < 1.29 is 24.7 Å². The molecule has 0 heterocycles. The molecule has 1 amide bonds. The Hall–Kier alpha value is -0.550. The predicted octanol–water partition coefficient (Wildman–Crippen LogP) is 4.40. The van der Waals surface area contributed by atoms with E-state index in [-0.39, 0.29) is 12.6 Å². The van der Waals surface area contributed by atoms with Crippen LogP contribution in [0, 0.1) is 5.92 Å². The van der Waals surface area contributed by atoms with Crippen LogP contribution in [-0.2, 0) is 9.36 Å². The lowest BCUT2D eigenvalue weighted by Gasteiger charge is -2.16. The van der Waals surface area contributed by atoms with Crippen LogP contribution in [0.4, 0.5) is 0 Å². The Morgan fingerprint density at radius 2 is 1.38 bits per heavy atom. The van der Waals surface area contributed by atoms with Crippen LogP contribution in [-0.4, -0.2) is 27.7 Å². The van der Waals surface area contributed by atoms with E-state index in [2.05, 4.69) is 6.92 Å². The summed E-state index contributed by atoms with van der Waals surface area (Å²) in [6.45, 7) is 2.22. The van der Waals surface area contributed by atoms with Gasteiger partial charge in [-0.2, -0.15) is 0 Å². The van der Waals surface area contributed by atoms with Crippen LogP contribution in [0.15, 0.2) is 0 Å². The molecule has 0 fully saturated rings. The van der Waals surface area contributed by atoms with Gasteiger partial charge < -0.3 is 4.89 Å². The zero-order valence-electron chi connectivity index (χ0n) is 15.0. The highest BCUT2D eigenvalue weighted by Gasteiger charge is 2.24. The first kappa shape index (κ1) is 23.4. The predicted molar refractivity (Wildman–Crippen MR) is 92.1 cm³/mol. The van der Waals surface area contributed by atoms with E-state index in [0.29, 0.717) is 6.42 Å². The minimum absolute atomic E-state index is 0.0996. The summed E-state index contributed by atoms with van der Waals surface area (Å²) in [5.41, 5.74) is 0. The highest BCUT2D eigenvalue weighted by molar-refractivity contribution is 7.36. The van der Waals surface area contributed by atoms with Gasteiger partial charge >= 0.3 is 8.03 Å². The number of hydroxylamine groups is 2. The standard InChI is InChI=1S/C17H34NO5P/c1-2-3-4-5-6-7-8-9-10-11-12-13-16(14-15-24(22)23)17(19)18(20)21/h16,20-21H,2-15H2,1H3. The van der Waals surface area contributed by atoms with Crippen LogP contribution in [0.25, 0.3) is 0 Å². The van der Waals surface area contributed by atoms with E-state index in [1.165, 1.54) is 51.4 Å². The molecule has 0 spiro atoms. The first-order chi connectivity index (χ1) is 11.5. The summed E-state index contributed by atoms with van der Waals surface area (Å²) in [7, 11) is -2.55. The topological polar surface area (TPSA) is 101 Å². The number of amides is 1. The Morgan fingerprint density at radius 1 is 0.917 bits per heavy atom. The quantitative estimate of drug-likeness (QED) is 0.183. The van der Waals surface area contributed by atoms with Crippen molar-refractivity contribution in [1.82, 2.24) is 5.23 Å². The summed E-state index contributed by atoms with van der Waals surface area (Å²) in [5.74, 6) is -1.45. The van der Waals surface area contributed by atoms with E-state index in [4.69, 9.17) is 10.4 Å². The fourth-order valence-corrected chi connectivity index (χ4v) is 3.39. The van der Waals surface area contributed by atoms with Crippen molar-refractivity contribution in [3.8, 4) is 0 Å². The zero-order chi connectivity index (χ0) is 18.2. The Morgan fingerprint density at radius 3 is 1.79 bits per heavy atom. The van der Waals surface area contributed by atoms with Crippen LogP contribution in [0.5, 0.6) is 0 Å². The Kier molecular flexibility index (Phi) is 15.6. The normalized spacial score (nSPS) is 12.9. The van der Waals surface area contributed by atoms with Gasteiger partial charge in [-0.05, 0) is 6.42 Å². The van der Waals surface area contributed by atoms with Gasteiger partial charge in [0.05, 0.1) is 0 Å². The SMILES string of the molecule is CCCCCCCCCCCCCC(CC[P+](=O)[O-])C(=O)N(O)O. The number of nitrogens with zero attached hydrogens (tertiary/aromatic N) is 1. The van der Waals surface area contributed by atoms with Gasteiger partial charge in [0.25, 0.3) is 5.91 Å². The zero-order valence-corrected chi connectivity index (χ0v) is 15.9. The molecule has 0 aliphatic heterocycles. The van der Waals surface area contributed by atoms with Crippen molar-refractivity contribution in [2.45, 2.75) is 90.4 Å². The molecule has 0 rings (SSSR count). The minimum atomic E-state index is -2.55. The molecule has 2 N–H and O–H groups in total. The smallest absolute Gasteiger partial charge is 0.308 e. The second kappa shape index (κ2) is 15.9. The largest absolute Gasteiger partial charge is 0.596 e. The van der Waals surface area contributed by atoms with E-state index in [9.17, 15) is 14.3 Å². The number of hydrogen-bond acceptors (Lipinski definition) is 5. The summed E-state index contributed by atoms with van der Waals surface area (Å²) in [4.78, 5) is 22.2. The van der Waals surface area contributed by atoms with Gasteiger partial charge in [0.2, 0.25) is 0 Å². The Labute approximate surface area is 147 Å². The van der Waals surface area contributed by atoms with E-state index in [1.807, 2.05) is 0 Å². The average molecular weight is 363 g/mol. The van der Waals surface area contributed by atoms with E-state index >= 15 is 0 Å². The summed E-state index contributed by atoms with van der Waals surface area (Å²) < 4.78 is 10.6. The maximum atomic E-state index is 11.6. The van der Waals surface area contributed by atoms with E-state index < -0.39 is 25.1 Å². The third-order valence-corrected chi connectivity index (χ3v) is 4.99. The first-order valence-electron chi connectivity index (χ1n) is 9.32. The molecule has 0 saturated carbocycles. The second-order valence-electron chi connectivity index (χ2n) is 6.49. The number of carbonyl (C=O) groups excluding carboxylic acids is 1. The first-order valence-corrected chi connectivity index (χ1v) is 10.7. The molecule has 2 unspecified atom stereocenters. The lowest BCUT2D eigenvalue weighted by molar-refractivity contribution is -0.288. The molecule has 6 nitrogen and oxygen atoms in total. The molecule has 7 heteroatoms. The van der Waals surface area contributed by atoms with E-state index in [1.54, 1.807) is 0 Å². The highest BCUT2D eigenvalue weighted by atomic mass is 31.1. The van der Waals surface area contributed by atoms with Gasteiger partial charge in [0.1, 0.15) is 6.16 Å². The van der Waals surface area contributed by atoms with Crippen LogP contribution >= 0.6 is 8.03 Å². The molecule has 0 aromatic rings. The third kappa shape index (κ3) is 13.8. The maximum absolute atomic E-state index is 11.6. The number of carbonyl (C=O) groups is 1. The van der Waals surface area contributed by atoms with Gasteiger partial charge in [0.15, 0.2) is 0 Å². The molecule has 0 aromatic carbocycles. The molecule has 0 aliphatic carbocycles. The Balaban J connectivity index is 3.68. The molecule has 0 radical (unpaired) electrons. The number of rotatable bonds is 16. The fraction of sp³-hybridized carbons (Fsp3) is 0.941. The second-order valence-corrected chi connectivity index (χ2v) is 7.61. The average Bonchev–Trinajstić information content (AvgIpc) is 2.54. The number of unbranched alkanes of at least 4 members (excludes halogenated alkanes) is 10. The molecular weight excluding hydrogens is 329 g/mol. The van der Waals surface area contributed by atoms with Crippen LogP contribution < -0.4 is 4.89 Å². The van der Waals surface area contributed by atoms with Crippen LogP contribution in [0.1, 0.15) is 90.4 Å². The Bertz CT molecular complexity index is 339. The molecule has 24 heavy (non-hydrogen) atoms. The van der Waals surface area contributed by atoms with Crippen molar-refractivity contribution in [2.75, 3.05) is 6.16 Å². The minimum Gasteiger partial charge on any atom is -0.596 e. The van der Waals surface area contributed by atoms with Crippen molar-refractivity contribution in [2.24, 2.45) is 5.92 Å². The van der Waals surface area contributed by atoms with Gasteiger partial charge in [-0.3, -0.25) is 15.2 Å². The van der Waals surface area contributed by atoms with Crippen LogP contribution in [0.3, 0.4) is 0 Å². The number of hydrogen-bond donors (Lipinski definition) is 2. The third-order valence-electron chi connectivity index (χ3n) is 4.36. The molecular formula is C17H34NO5P. The fourth-order valence-electron chi connectivity index (χ4n) is 2.87. The van der Waals surface area contributed by atoms with Gasteiger partial charge in [0, 0.05) is 12.3 Å².